The summed E-state index contributed by atoms with van der Waals surface area (Å²) in [7, 11) is 0. The maximum absolute atomic E-state index is 13.6. The molecule has 0 aromatic heterocycles. The molecule has 3 rings (SSSR count). The summed E-state index contributed by atoms with van der Waals surface area (Å²) >= 11 is 6.54. The largest absolute Gasteiger partial charge is 0.490 e. The van der Waals surface area contributed by atoms with E-state index in [2.05, 4.69) is 37.2 Å². The van der Waals surface area contributed by atoms with E-state index in [1.54, 1.807) is 0 Å². The molecule has 0 aliphatic heterocycles. The zero-order valence-corrected chi connectivity index (χ0v) is 18.2. The van der Waals surface area contributed by atoms with Gasteiger partial charge < -0.3 is 10.1 Å². The lowest BCUT2D eigenvalue weighted by atomic mass is 10.1. The van der Waals surface area contributed by atoms with Gasteiger partial charge in [-0.3, -0.25) is 10.1 Å². The number of urea groups is 1. The Kier molecular flexibility index (Phi) is 5.96. The van der Waals surface area contributed by atoms with Crippen molar-refractivity contribution in [3.63, 3.8) is 0 Å². The molecular formula is C19H15Br2F3N2O3. The zero-order valence-electron chi connectivity index (χ0n) is 15.0. The van der Waals surface area contributed by atoms with Crippen molar-refractivity contribution in [1.82, 2.24) is 5.32 Å². The first kappa shape index (κ1) is 21.6. The average Bonchev–Trinajstić information content (AvgIpc) is 3.11. The zero-order chi connectivity index (χ0) is 21.4. The molecule has 0 bridgehead atoms. The average molecular weight is 536 g/mol. The summed E-state index contributed by atoms with van der Waals surface area (Å²) in [4.78, 5) is 24.0. The minimum atomic E-state index is -2.74. The Labute approximate surface area is 181 Å². The molecule has 2 aromatic carbocycles. The number of ether oxygens (including phenoxy) is 1. The number of rotatable bonds is 5. The summed E-state index contributed by atoms with van der Waals surface area (Å²) < 4.78 is 46.6. The highest BCUT2D eigenvalue weighted by atomic mass is 79.9. The molecule has 2 N–H and O–H groups in total. The van der Waals surface area contributed by atoms with Gasteiger partial charge in [-0.2, -0.15) is 0 Å². The van der Waals surface area contributed by atoms with Crippen LogP contribution in [0.15, 0.2) is 45.3 Å². The van der Waals surface area contributed by atoms with Gasteiger partial charge in [-0.05, 0) is 56.1 Å². The highest BCUT2D eigenvalue weighted by Gasteiger charge is 2.68. The van der Waals surface area contributed by atoms with E-state index >= 15 is 0 Å². The predicted octanol–water partition coefficient (Wildman–Crippen LogP) is 5.74. The number of carbonyl (C=O) groups excluding carboxylic acids is 2. The van der Waals surface area contributed by atoms with Gasteiger partial charge in [0, 0.05) is 12.1 Å². The summed E-state index contributed by atoms with van der Waals surface area (Å²) in [6.07, 6.45) is -0.231. The fraction of sp³-hybridized carbons (Fsp3) is 0.263. The number of alkyl halides is 2. The minimum Gasteiger partial charge on any atom is -0.490 e. The summed E-state index contributed by atoms with van der Waals surface area (Å²) in [5.41, 5.74) is -1.17. The molecule has 1 atom stereocenters. The van der Waals surface area contributed by atoms with Crippen molar-refractivity contribution in [3.05, 3.63) is 56.7 Å². The van der Waals surface area contributed by atoms with Gasteiger partial charge in [-0.1, -0.05) is 19.1 Å². The van der Waals surface area contributed by atoms with Crippen LogP contribution in [0.2, 0.25) is 0 Å². The molecule has 0 saturated heterocycles. The smallest absolute Gasteiger partial charge is 0.326 e. The molecule has 0 heterocycles. The standard InChI is InChI=1S/C19H15Br2F3N2O3/c1-18(8-19(18,23)24)9-29-15-12(20)6-10(7-13(15)21)25-17(28)26-16(27)11-4-2-3-5-14(11)22/h2-7H,8-9H2,1H3,(H2,25,26,27,28). The Bertz CT molecular complexity index is 964. The van der Waals surface area contributed by atoms with Crippen LogP contribution in [-0.4, -0.2) is 24.5 Å². The SMILES string of the molecule is CC1(COc2c(Br)cc(NC(=O)NC(=O)c3ccccc3F)cc2Br)CC1(F)F. The van der Waals surface area contributed by atoms with Crippen molar-refractivity contribution in [2.24, 2.45) is 5.41 Å². The van der Waals surface area contributed by atoms with Crippen molar-refractivity contribution in [3.8, 4) is 5.75 Å². The third-order valence-electron chi connectivity index (χ3n) is 4.51. The lowest BCUT2D eigenvalue weighted by molar-refractivity contribution is 0.0496. The quantitative estimate of drug-likeness (QED) is 0.513. The molecular weight excluding hydrogens is 521 g/mol. The summed E-state index contributed by atoms with van der Waals surface area (Å²) in [6.45, 7) is 1.28. The number of halogens is 5. The molecule has 1 aliphatic carbocycles. The first-order chi connectivity index (χ1) is 13.5. The molecule has 10 heteroatoms. The Morgan fingerprint density at radius 2 is 1.76 bits per heavy atom. The van der Waals surface area contributed by atoms with Gasteiger partial charge in [0.05, 0.1) is 26.5 Å². The lowest BCUT2D eigenvalue weighted by Crippen LogP contribution is -2.34. The number of imide groups is 1. The van der Waals surface area contributed by atoms with Crippen LogP contribution in [0.5, 0.6) is 5.75 Å². The first-order valence-electron chi connectivity index (χ1n) is 8.39. The van der Waals surface area contributed by atoms with Gasteiger partial charge in [-0.15, -0.1) is 0 Å². The van der Waals surface area contributed by atoms with Crippen LogP contribution < -0.4 is 15.4 Å². The third kappa shape index (κ3) is 4.75. The molecule has 1 fully saturated rings. The Morgan fingerprint density at radius 1 is 1.17 bits per heavy atom. The lowest BCUT2D eigenvalue weighted by Gasteiger charge is -2.16. The van der Waals surface area contributed by atoms with Crippen molar-refractivity contribution in [2.75, 3.05) is 11.9 Å². The molecule has 3 amide bonds. The van der Waals surface area contributed by atoms with E-state index in [0.717, 1.165) is 6.07 Å². The topological polar surface area (TPSA) is 67.4 Å². The molecule has 0 radical (unpaired) electrons. The van der Waals surface area contributed by atoms with Gasteiger partial charge in [0.15, 0.2) is 0 Å². The molecule has 1 aliphatic rings. The van der Waals surface area contributed by atoms with Gasteiger partial charge in [0.25, 0.3) is 11.8 Å². The molecule has 5 nitrogen and oxygen atoms in total. The monoisotopic (exact) mass is 534 g/mol. The summed E-state index contributed by atoms with van der Waals surface area (Å²) in [6, 6.07) is 7.37. The van der Waals surface area contributed by atoms with E-state index < -0.39 is 29.1 Å². The second-order valence-electron chi connectivity index (χ2n) is 6.89. The van der Waals surface area contributed by atoms with E-state index in [1.165, 1.54) is 37.3 Å². The molecule has 29 heavy (non-hydrogen) atoms. The number of carbonyl (C=O) groups is 2. The molecule has 0 spiro atoms. The van der Waals surface area contributed by atoms with Gasteiger partial charge in [0.2, 0.25) is 0 Å². The maximum atomic E-state index is 13.6. The van der Waals surface area contributed by atoms with Crippen LogP contribution in [0, 0.1) is 11.2 Å². The van der Waals surface area contributed by atoms with Crippen molar-refractivity contribution in [2.45, 2.75) is 19.3 Å². The fourth-order valence-corrected chi connectivity index (χ4v) is 4.00. The minimum absolute atomic E-state index is 0.165. The van der Waals surface area contributed by atoms with Crippen LogP contribution in [-0.2, 0) is 0 Å². The Morgan fingerprint density at radius 3 is 2.31 bits per heavy atom. The molecule has 2 aromatic rings. The van der Waals surface area contributed by atoms with Crippen LogP contribution in [0.3, 0.4) is 0 Å². The van der Waals surface area contributed by atoms with E-state index in [1.807, 2.05) is 5.32 Å². The Hall–Kier alpha value is -2.07. The van der Waals surface area contributed by atoms with Crippen LogP contribution in [0.1, 0.15) is 23.7 Å². The molecule has 154 valence electrons. The maximum Gasteiger partial charge on any atom is 0.326 e. The second kappa shape index (κ2) is 7.98. The fourth-order valence-electron chi connectivity index (χ4n) is 2.58. The normalized spacial score (nSPS) is 19.4. The van der Waals surface area contributed by atoms with E-state index in [9.17, 15) is 22.8 Å². The van der Waals surface area contributed by atoms with Crippen molar-refractivity contribution >= 4 is 49.5 Å². The van der Waals surface area contributed by atoms with Crippen LogP contribution in [0.4, 0.5) is 23.7 Å². The highest BCUT2D eigenvalue weighted by Crippen LogP contribution is 2.60. The third-order valence-corrected chi connectivity index (χ3v) is 5.69. The Balaban J connectivity index is 1.63. The van der Waals surface area contributed by atoms with E-state index in [-0.39, 0.29) is 24.3 Å². The van der Waals surface area contributed by atoms with E-state index in [4.69, 9.17) is 4.74 Å². The number of hydrogen-bond acceptors (Lipinski definition) is 3. The van der Waals surface area contributed by atoms with Crippen molar-refractivity contribution in [1.29, 1.82) is 0 Å². The number of nitrogens with one attached hydrogen (secondary N) is 2. The van der Waals surface area contributed by atoms with E-state index in [0.29, 0.717) is 14.7 Å². The number of benzene rings is 2. The number of anilines is 1. The molecule has 1 unspecified atom stereocenters. The van der Waals surface area contributed by atoms with Crippen LogP contribution >= 0.6 is 31.9 Å². The number of amides is 3. The van der Waals surface area contributed by atoms with Crippen LogP contribution in [0.25, 0.3) is 0 Å². The second-order valence-corrected chi connectivity index (χ2v) is 8.60. The molecule has 1 saturated carbocycles. The number of hydrogen-bond donors (Lipinski definition) is 2. The highest BCUT2D eigenvalue weighted by molar-refractivity contribution is 9.11. The van der Waals surface area contributed by atoms with Crippen molar-refractivity contribution < 1.29 is 27.5 Å². The summed E-state index contributed by atoms with van der Waals surface area (Å²) in [5, 5.41) is 4.47. The van der Waals surface area contributed by atoms with Gasteiger partial charge in [0.1, 0.15) is 11.6 Å². The van der Waals surface area contributed by atoms with Gasteiger partial charge >= 0.3 is 6.03 Å². The summed E-state index contributed by atoms with van der Waals surface area (Å²) in [5.74, 6) is -4.07. The predicted molar refractivity (Wildman–Crippen MR) is 108 cm³/mol. The first-order valence-corrected chi connectivity index (χ1v) is 9.97. The van der Waals surface area contributed by atoms with Gasteiger partial charge in [-0.25, -0.2) is 18.0 Å².